The van der Waals surface area contributed by atoms with E-state index in [-0.39, 0.29) is 0 Å². The first kappa shape index (κ1) is 8.09. The Bertz CT molecular complexity index is 192. The highest BCUT2D eigenvalue weighted by molar-refractivity contribution is 5.83. The second-order valence-corrected chi connectivity index (χ2v) is 4.32. The number of nitrogens with zero attached hydrogens (tertiary/aromatic N) is 1. The number of hydrogen-bond donors (Lipinski definition) is 1. The lowest BCUT2D eigenvalue weighted by Crippen LogP contribution is -2.22. The van der Waals surface area contributed by atoms with E-state index in [0.717, 1.165) is 11.8 Å². The molecule has 68 valence electrons. The van der Waals surface area contributed by atoms with Gasteiger partial charge in [0.25, 0.3) is 0 Å². The molecule has 0 heterocycles. The third-order valence-electron chi connectivity index (χ3n) is 3.16. The number of nitrogens with two attached hydrogens (primary N) is 1. The van der Waals surface area contributed by atoms with Gasteiger partial charge in [0.2, 0.25) is 0 Å². The topological polar surface area (TPSA) is 38.4 Å². The molecule has 2 N–H and O–H groups in total. The van der Waals surface area contributed by atoms with Gasteiger partial charge in [-0.2, -0.15) is 0 Å². The van der Waals surface area contributed by atoms with E-state index < -0.39 is 0 Å². The maximum Gasteiger partial charge on any atom is 0.0971 e. The highest BCUT2D eigenvalue weighted by atomic mass is 14.9. The molecular formula is C10H18N2. The van der Waals surface area contributed by atoms with Gasteiger partial charge in [0, 0.05) is 5.92 Å². The zero-order valence-corrected chi connectivity index (χ0v) is 7.79. The lowest BCUT2D eigenvalue weighted by atomic mass is 10.1. The highest BCUT2D eigenvalue weighted by Crippen LogP contribution is 2.34. The number of amidine groups is 1. The molecule has 0 saturated heterocycles. The van der Waals surface area contributed by atoms with Crippen LogP contribution in [0.1, 0.15) is 39.0 Å². The molecule has 2 aliphatic rings. The molecule has 12 heavy (non-hydrogen) atoms. The van der Waals surface area contributed by atoms with Gasteiger partial charge >= 0.3 is 0 Å². The predicted molar refractivity (Wildman–Crippen MR) is 51.1 cm³/mol. The van der Waals surface area contributed by atoms with Crippen LogP contribution in [0.5, 0.6) is 0 Å². The molecule has 2 unspecified atom stereocenters. The van der Waals surface area contributed by atoms with Crippen molar-refractivity contribution in [1.29, 1.82) is 0 Å². The minimum absolute atomic E-state index is 0.575. The molecule has 2 rings (SSSR count). The normalized spacial score (nSPS) is 37.2. The van der Waals surface area contributed by atoms with E-state index in [9.17, 15) is 0 Å². The van der Waals surface area contributed by atoms with Crippen molar-refractivity contribution >= 4 is 5.84 Å². The number of rotatable bonds is 2. The van der Waals surface area contributed by atoms with E-state index in [2.05, 4.69) is 11.9 Å². The summed E-state index contributed by atoms with van der Waals surface area (Å²) in [5.41, 5.74) is 5.93. The van der Waals surface area contributed by atoms with Gasteiger partial charge in [0.05, 0.1) is 11.9 Å². The van der Waals surface area contributed by atoms with E-state index in [1.54, 1.807) is 0 Å². The summed E-state index contributed by atoms with van der Waals surface area (Å²) in [7, 11) is 0. The monoisotopic (exact) mass is 166 g/mol. The first-order valence-corrected chi connectivity index (χ1v) is 5.10. The minimum atomic E-state index is 0.575. The number of aliphatic imine (C=N–C) groups is 1. The Kier molecular flexibility index (Phi) is 2.07. The van der Waals surface area contributed by atoms with Crippen LogP contribution in [0, 0.1) is 11.8 Å². The lowest BCUT2D eigenvalue weighted by Gasteiger charge is -2.07. The molecule has 2 aliphatic carbocycles. The molecule has 2 nitrogen and oxygen atoms in total. The van der Waals surface area contributed by atoms with Gasteiger partial charge in [-0.15, -0.1) is 0 Å². The molecule has 0 bridgehead atoms. The second-order valence-electron chi connectivity index (χ2n) is 4.32. The van der Waals surface area contributed by atoms with Crippen LogP contribution >= 0.6 is 0 Å². The third-order valence-corrected chi connectivity index (χ3v) is 3.16. The Balaban J connectivity index is 1.89. The average molecular weight is 166 g/mol. The quantitative estimate of drug-likeness (QED) is 0.494. The minimum Gasteiger partial charge on any atom is -0.387 e. The summed E-state index contributed by atoms with van der Waals surface area (Å²) in [6.45, 7) is 2.25. The molecular weight excluding hydrogens is 148 g/mol. The van der Waals surface area contributed by atoms with Crippen molar-refractivity contribution in [2.75, 3.05) is 0 Å². The largest absolute Gasteiger partial charge is 0.387 e. The standard InChI is InChI=1S/C10H18N2/c1-7-6-9(7)12-10(11)8-4-2-3-5-8/h7-9H,2-6H2,1H3,(H2,11,12). The maximum absolute atomic E-state index is 5.93. The Morgan fingerprint density at radius 3 is 2.42 bits per heavy atom. The molecule has 0 amide bonds. The van der Waals surface area contributed by atoms with Crippen molar-refractivity contribution in [2.24, 2.45) is 22.6 Å². The molecule has 0 aliphatic heterocycles. The summed E-state index contributed by atoms with van der Waals surface area (Å²) in [6.07, 6.45) is 6.50. The van der Waals surface area contributed by atoms with Gasteiger partial charge in [-0.05, 0) is 25.2 Å². The second kappa shape index (κ2) is 3.08. The molecule has 0 aromatic carbocycles. The van der Waals surface area contributed by atoms with Crippen molar-refractivity contribution < 1.29 is 0 Å². The predicted octanol–water partition coefficient (Wildman–Crippen LogP) is 1.94. The fourth-order valence-corrected chi connectivity index (χ4v) is 2.00. The first-order valence-electron chi connectivity index (χ1n) is 5.10. The van der Waals surface area contributed by atoms with E-state index in [4.69, 9.17) is 5.73 Å². The third kappa shape index (κ3) is 1.62. The molecule has 2 fully saturated rings. The van der Waals surface area contributed by atoms with Crippen LogP contribution in [0.15, 0.2) is 4.99 Å². The van der Waals surface area contributed by atoms with Crippen molar-refractivity contribution in [3.05, 3.63) is 0 Å². The molecule has 0 aromatic rings. The summed E-state index contributed by atoms with van der Waals surface area (Å²) >= 11 is 0. The Morgan fingerprint density at radius 1 is 1.33 bits per heavy atom. The van der Waals surface area contributed by atoms with Crippen molar-refractivity contribution in [1.82, 2.24) is 0 Å². The van der Waals surface area contributed by atoms with Crippen LogP contribution in [0.2, 0.25) is 0 Å². The average Bonchev–Trinajstić information content (AvgIpc) is 2.58. The van der Waals surface area contributed by atoms with Crippen LogP contribution in [-0.4, -0.2) is 11.9 Å². The zero-order chi connectivity index (χ0) is 8.55. The van der Waals surface area contributed by atoms with Crippen LogP contribution in [0.3, 0.4) is 0 Å². The van der Waals surface area contributed by atoms with Gasteiger partial charge in [0.1, 0.15) is 0 Å². The van der Waals surface area contributed by atoms with Gasteiger partial charge in [0.15, 0.2) is 0 Å². The molecule has 0 spiro atoms. The molecule has 0 radical (unpaired) electrons. The zero-order valence-electron chi connectivity index (χ0n) is 7.79. The van der Waals surface area contributed by atoms with Gasteiger partial charge < -0.3 is 5.73 Å². The van der Waals surface area contributed by atoms with E-state index in [0.29, 0.717) is 12.0 Å². The van der Waals surface area contributed by atoms with Gasteiger partial charge in [-0.3, -0.25) is 4.99 Å². The SMILES string of the molecule is CC1CC1N=C(N)C1CCCC1. The number of hydrogen-bond acceptors (Lipinski definition) is 1. The van der Waals surface area contributed by atoms with E-state index in [1.807, 2.05) is 0 Å². The smallest absolute Gasteiger partial charge is 0.0971 e. The molecule has 2 saturated carbocycles. The van der Waals surface area contributed by atoms with Crippen LogP contribution in [-0.2, 0) is 0 Å². The first-order chi connectivity index (χ1) is 5.77. The molecule has 2 atom stereocenters. The highest BCUT2D eigenvalue weighted by Gasteiger charge is 2.33. The maximum atomic E-state index is 5.93. The van der Waals surface area contributed by atoms with E-state index >= 15 is 0 Å². The summed E-state index contributed by atoms with van der Waals surface area (Å²) < 4.78 is 0. The lowest BCUT2D eigenvalue weighted by molar-refractivity contribution is 0.712. The van der Waals surface area contributed by atoms with Crippen LogP contribution in [0.25, 0.3) is 0 Å². The summed E-state index contributed by atoms with van der Waals surface area (Å²) in [5, 5.41) is 0. The van der Waals surface area contributed by atoms with E-state index in [1.165, 1.54) is 32.1 Å². The fraction of sp³-hybridized carbons (Fsp3) is 0.900. The van der Waals surface area contributed by atoms with Crippen molar-refractivity contribution in [3.8, 4) is 0 Å². The Hall–Kier alpha value is -0.530. The summed E-state index contributed by atoms with van der Waals surface area (Å²) in [5.74, 6) is 2.37. The molecule has 0 aromatic heterocycles. The summed E-state index contributed by atoms with van der Waals surface area (Å²) in [4.78, 5) is 4.55. The summed E-state index contributed by atoms with van der Waals surface area (Å²) in [6, 6.07) is 0.575. The van der Waals surface area contributed by atoms with Crippen molar-refractivity contribution in [3.63, 3.8) is 0 Å². The molecule has 2 heteroatoms. The fourth-order valence-electron chi connectivity index (χ4n) is 2.00. The van der Waals surface area contributed by atoms with Crippen LogP contribution in [0.4, 0.5) is 0 Å². The van der Waals surface area contributed by atoms with Crippen LogP contribution < -0.4 is 5.73 Å². The Labute approximate surface area is 74.2 Å². The van der Waals surface area contributed by atoms with Gasteiger partial charge in [-0.1, -0.05) is 19.8 Å². The Morgan fingerprint density at radius 2 is 1.92 bits per heavy atom. The van der Waals surface area contributed by atoms with Gasteiger partial charge in [-0.25, -0.2) is 0 Å². The van der Waals surface area contributed by atoms with Crippen molar-refractivity contribution in [2.45, 2.75) is 45.1 Å².